The van der Waals surface area contributed by atoms with Gasteiger partial charge in [-0.2, -0.15) is 0 Å². The molecule has 0 bridgehead atoms. The van der Waals surface area contributed by atoms with Gasteiger partial charge in [0.1, 0.15) is 11.5 Å². The zero-order valence-electron chi connectivity index (χ0n) is 16.7. The predicted molar refractivity (Wildman–Crippen MR) is 114 cm³/mol. The number of fused-ring (bicyclic) bond motifs is 1. The average Bonchev–Trinajstić information content (AvgIpc) is 3.26. The molecule has 31 heavy (non-hydrogen) atoms. The number of rotatable bonds is 7. The number of hydrogen-bond acceptors (Lipinski definition) is 6. The van der Waals surface area contributed by atoms with Crippen molar-refractivity contribution in [2.45, 2.75) is 0 Å². The summed E-state index contributed by atoms with van der Waals surface area (Å²) in [7, 11) is 1.51. The van der Waals surface area contributed by atoms with Crippen LogP contribution in [0.2, 0.25) is 0 Å². The molecule has 0 unspecified atom stereocenters. The quantitative estimate of drug-likeness (QED) is 0.605. The highest BCUT2D eigenvalue weighted by atomic mass is 16.7. The Morgan fingerprint density at radius 2 is 1.65 bits per heavy atom. The Kier molecular flexibility index (Phi) is 5.89. The van der Waals surface area contributed by atoms with Crippen molar-refractivity contribution in [3.8, 4) is 23.0 Å². The Balaban J connectivity index is 1.29. The summed E-state index contributed by atoms with van der Waals surface area (Å²) in [4.78, 5) is 24.6. The lowest BCUT2D eigenvalue weighted by atomic mass is 10.2. The first-order valence-corrected chi connectivity index (χ1v) is 9.49. The Morgan fingerprint density at radius 3 is 2.45 bits per heavy atom. The Labute approximate surface area is 178 Å². The second kappa shape index (κ2) is 9.08. The van der Waals surface area contributed by atoms with Gasteiger partial charge in [0.2, 0.25) is 6.79 Å². The van der Waals surface area contributed by atoms with E-state index in [9.17, 15) is 9.59 Å². The Morgan fingerprint density at radius 1 is 0.903 bits per heavy atom. The summed E-state index contributed by atoms with van der Waals surface area (Å²) in [6.07, 6.45) is 0. The van der Waals surface area contributed by atoms with Crippen LogP contribution in [-0.4, -0.2) is 32.3 Å². The maximum atomic E-state index is 12.4. The number of nitrogens with one attached hydrogen (secondary N) is 2. The SMILES string of the molecule is COc1ccccc1C(=O)Nc1ccc(OCC(=O)Nc2ccc3c(c2)OCO3)cc1. The highest BCUT2D eigenvalue weighted by Gasteiger charge is 2.15. The van der Waals surface area contributed by atoms with E-state index in [-0.39, 0.29) is 25.2 Å². The van der Waals surface area contributed by atoms with Crippen LogP contribution in [0.15, 0.2) is 66.7 Å². The van der Waals surface area contributed by atoms with Gasteiger partial charge in [0, 0.05) is 17.4 Å². The van der Waals surface area contributed by atoms with Crippen molar-refractivity contribution in [3.05, 3.63) is 72.3 Å². The first kappa shape index (κ1) is 20.1. The number of amides is 2. The first-order chi connectivity index (χ1) is 15.1. The molecule has 3 aromatic carbocycles. The van der Waals surface area contributed by atoms with Crippen molar-refractivity contribution >= 4 is 23.2 Å². The molecule has 0 aliphatic carbocycles. The molecule has 1 aliphatic rings. The number of carbonyl (C=O) groups is 2. The minimum atomic E-state index is -0.313. The molecule has 0 atom stereocenters. The van der Waals surface area contributed by atoms with Gasteiger partial charge in [-0.3, -0.25) is 9.59 Å². The van der Waals surface area contributed by atoms with Crippen LogP contribution >= 0.6 is 0 Å². The highest BCUT2D eigenvalue weighted by Crippen LogP contribution is 2.34. The van der Waals surface area contributed by atoms with E-state index >= 15 is 0 Å². The maximum absolute atomic E-state index is 12.4. The molecule has 0 saturated carbocycles. The summed E-state index contributed by atoms with van der Waals surface area (Å²) >= 11 is 0. The Hall–Kier alpha value is -4.20. The van der Waals surface area contributed by atoms with E-state index in [0.717, 1.165) is 0 Å². The van der Waals surface area contributed by atoms with E-state index in [4.69, 9.17) is 18.9 Å². The van der Waals surface area contributed by atoms with E-state index < -0.39 is 0 Å². The van der Waals surface area contributed by atoms with Gasteiger partial charge in [0.15, 0.2) is 18.1 Å². The second-order valence-corrected chi connectivity index (χ2v) is 6.58. The molecule has 1 aliphatic heterocycles. The van der Waals surface area contributed by atoms with Gasteiger partial charge in [-0.15, -0.1) is 0 Å². The molecule has 3 aromatic rings. The van der Waals surface area contributed by atoms with E-state index in [0.29, 0.717) is 39.9 Å². The van der Waals surface area contributed by atoms with Crippen molar-refractivity contribution in [1.29, 1.82) is 0 Å². The molecule has 0 radical (unpaired) electrons. The van der Waals surface area contributed by atoms with E-state index in [1.54, 1.807) is 66.7 Å². The molecular weight excluding hydrogens is 400 g/mol. The van der Waals surface area contributed by atoms with Crippen LogP contribution in [0.4, 0.5) is 11.4 Å². The van der Waals surface area contributed by atoms with E-state index in [1.807, 2.05) is 0 Å². The average molecular weight is 420 g/mol. The van der Waals surface area contributed by atoms with Crippen molar-refractivity contribution in [3.63, 3.8) is 0 Å². The standard InChI is InChI=1S/C23H20N2O6/c1-28-19-5-3-2-4-18(19)23(27)25-15-6-9-17(10-7-15)29-13-22(26)24-16-8-11-20-21(12-16)31-14-30-20/h2-12H,13-14H2,1H3,(H,24,26)(H,25,27). The van der Waals surface area contributed by atoms with Gasteiger partial charge < -0.3 is 29.6 Å². The van der Waals surface area contributed by atoms with Crippen molar-refractivity contribution in [2.75, 3.05) is 31.1 Å². The number of benzene rings is 3. The monoisotopic (exact) mass is 420 g/mol. The molecule has 0 saturated heterocycles. The summed E-state index contributed by atoms with van der Waals surface area (Å²) in [5.74, 6) is 1.63. The molecular formula is C23H20N2O6. The van der Waals surface area contributed by atoms with Gasteiger partial charge >= 0.3 is 0 Å². The van der Waals surface area contributed by atoms with Gasteiger partial charge in [-0.05, 0) is 48.5 Å². The first-order valence-electron chi connectivity index (χ1n) is 9.49. The minimum Gasteiger partial charge on any atom is -0.496 e. The van der Waals surface area contributed by atoms with Gasteiger partial charge in [0.05, 0.1) is 12.7 Å². The summed E-state index contributed by atoms with van der Waals surface area (Å²) in [5.41, 5.74) is 1.62. The molecule has 2 N–H and O–H groups in total. The molecule has 4 rings (SSSR count). The number of anilines is 2. The highest BCUT2D eigenvalue weighted by molar-refractivity contribution is 6.06. The number of carbonyl (C=O) groups excluding carboxylic acids is 2. The number of para-hydroxylation sites is 1. The second-order valence-electron chi connectivity index (χ2n) is 6.58. The summed E-state index contributed by atoms with van der Waals surface area (Å²) in [6.45, 7) is 0.00650. The lowest BCUT2D eigenvalue weighted by Crippen LogP contribution is -2.20. The van der Waals surface area contributed by atoms with Crippen LogP contribution in [0, 0.1) is 0 Å². The molecule has 8 nitrogen and oxygen atoms in total. The lowest BCUT2D eigenvalue weighted by Gasteiger charge is -2.10. The van der Waals surface area contributed by atoms with Gasteiger partial charge in [-0.1, -0.05) is 12.1 Å². The third-order valence-electron chi connectivity index (χ3n) is 4.49. The smallest absolute Gasteiger partial charge is 0.262 e. The number of hydrogen-bond donors (Lipinski definition) is 2. The maximum Gasteiger partial charge on any atom is 0.262 e. The fourth-order valence-corrected chi connectivity index (χ4v) is 2.99. The predicted octanol–water partition coefficient (Wildman–Crippen LogP) is 3.69. The molecule has 158 valence electrons. The number of ether oxygens (including phenoxy) is 4. The van der Waals surface area contributed by atoms with Crippen LogP contribution in [0.5, 0.6) is 23.0 Å². The van der Waals surface area contributed by atoms with Crippen LogP contribution in [0.3, 0.4) is 0 Å². The van der Waals surface area contributed by atoms with Crippen LogP contribution in [-0.2, 0) is 4.79 Å². The third-order valence-corrected chi connectivity index (χ3v) is 4.49. The summed E-state index contributed by atoms with van der Waals surface area (Å²) in [6, 6.07) is 18.9. The molecule has 8 heteroatoms. The third kappa shape index (κ3) is 4.87. The lowest BCUT2D eigenvalue weighted by molar-refractivity contribution is -0.118. The van der Waals surface area contributed by atoms with Crippen LogP contribution < -0.4 is 29.6 Å². The van der Waals surface area contributed by atoms with E-state index in [1.165, 1.54) is 7.11 Å². The van der Waals surface area contributed by atoms with Crippen LogP contribution in [0.1, 0.15) is 10.4 Å². The van der Waals surface area contributed by atoms with Crippen molar-refractivity contribution in [2.24, 2.45) is 0 Å². The molecule has 2 amide bonds. The van der Waals surface area contributed by atoms with Gasteiger partial charge in [-0.25, -0.2) is 0 Å². The van der Waals surface area contributed by atoms with Gasteiger partial charge in [0.25, 0.3) is 11.8 Å². The molecule has 1 heterocycles. The molecule has 0 fully saturated rings. The topological polar surface area (TPSA) is 95.1 Å². The minimum absolute atomic E-state index is 0.165. The summed E-state index contributed by atoms with van der Waals surface area (Å²) in [5, 5.41) is 5.54. The fraction of sp³-hybridized carbons (Fsp3) is 0.130. The zero-order valence-corrected chi connectivity index (χ0v) is 16.7. The molecule has 0 aromatic heterocycles. The van der Waals surface area contributed by atoms with Crippen molar-refractivity contribution in [1.82, 2.24) is 0 Å². The normalized spacial score (nSPS) is 11.5. The number of methoxy groups -OCH3 is 1. The molecule has 0 spiro atoms. The van der Waals surface area contributed by atoms with E-state index in [2.05, 4.69) is 10.6 Å². The van der Waals surface area contributed by atoms with Crippen LogP contribution in [0.25, 0.3) is 0 Å². The van der Waals surface area contributed by atoms with Crippen molar-refractivity contribution < 1.29 is 28.5 Å². The zero-order chi connectivity index (χ0) is 21.6. The largest absolute Gasteiger partial charge is 0.496 e. The Bertz CT molecular complexity index is 1100. The fourth-order valence-electron chi connectivity index (χ4n) is 2.99. The summed E-state index contributed by atoms with van der Waals surface area (Å²) < 4.78 is 21.3.